The zero-order valence-corrected chi connectivity index (χ0v) is 18.6. The topological polar surface area (TPSA) is 87.7 Å². The summed E-state index contributed by atoms with van der Waals surface area (Å²) in [6.45, 7) is 1.42. The predicted molar refractivity (Wildman–Crippen MR) is 126 cm³/mol. The second-order valence-electron chi connectivity index (χ2n) is 7.65. The summed E-state index contributed by atoms with van der Waals surface area (Å²) in [7, 11) is 1.52. The van der Waals surface area contributed by atoms with Crippen molar-refractivity contribution < 1.29 is 23.5 Å². The van der Waals surface area contributed by atoms with E-state index >= 15 is 0 Å². The molecule has 0 atom stereocenters. The van der Waals surface area contributed by atoms with Gasteiger partial charge in [0.05, 0.1) is 19.2 Å². The van der Waals surface area contributed by atoms with E-state index in [1.807, 2.05) is 0 Å². The van der Waals surface area contributed by atoms with Gasteiger partial charge in [-0.15, -0.1) is 0 Å². The van der Waals surface area contributed by atoms with E-state index in [4.69, 9.17) is 4.74 Å². The van der Waals surface area contributed by atoms with Gasteiger partial charge < -0.3 is 15.4 Å². The molecule has 4 rings (SSSR count). The molecule has 0 spiro atoms. The maximum Gasteiger partial charge on any atom is 0.278 e. The van der Waals surface area contributed by atoms with Gasteiger partial charge >= 0.3 is 0 Å². The number of hydrogen-bond donors (Lipinski definition) is 2. The van der Waals surface area contributed by atoms with Crippen LogP contribution < -0.4 is 15.4 Å². The molecule has 1 aliphatic rings. The van der Waals surface area contributed by atoms with Gasteiger partial charge in [-0.25, -0.2) is 4.39 Å². The molecule has 3 aromatic rings. The minimum Gasteiger partial charge on any atom is -0.496 e. The second kappa shape index (κ2) is 9.58. The first-order chi connectivity index (χ1) is 16.4. The van der Waals surface area contributed by atoms with Crippen LogP contribution in [0.15, 0.2) is 78.5 Å². The van der Waals surface area contributed by atoms with E-state index in [1.165, 1.54) is 38.3 Å². The molecule has 0 aliphatic carbocycles. The first-order valence-electron chi connectivity index (χ1n) is 10.5. The Balaban J connectivity index is 1.70. The number of hydrogen-bond acceptors (Lipinski definition) is 5. The SMILES string of the molecule is COc1ccccc1CN1C(=O)C(Nc2ccc(NC(C)=O)cc2)=C(c2ccc(F)cc2)C1=O. The van der Waals surface area contributed by atoms with Crippen LogP contribution in [-0.2, 0) is 20.9 Å². The summed E-state index contributed by atoms with van der Waals surface area (Å²) in [4.78, 5) is 39.2. The first kappa shape index (κ1) is 22.7. The highest BCUT2D eigenvalue weighted by Gasteiger charge is 2.39. The molecule has 0 unspecified atom stereocenters. The number of halogens is 1. The van der Waals surface area contributed by atoms with Crippen molar-refractivity contribution in [2.45, 2.75) is 13.5 Å². The number of ether oxygens (including phenoxy) is 1. The molecular formula is C26H22FN3O4. The smallest absolute Gasteiger partial charge is 0.278 e. The number of imide groups is 1. The van der Waals surface area contributed by atoms with E-state index in [0.29, 0.717) is 28.3 Å². The van der Waals surface area contributed by atoms with Crippen LogP contribution in [0.5, 0.6) is 5.75 Å². The van der Waals surface area contributed by atoms with E-state index in [9.17, 15) is 18.8 Å². The lowest BCUT2D eigenvalue weighted by atomic mass is 10.0. The Morgan fingerprint density at radius 1 is 0.912 bits per heavy atom. The second-order valence-corrected chi connectivity index (χ2v) is 7.65. The lowest BCUT2D eigenvalue weighted by Gasteiger charge is -2.17. The highest BCUT2D eigenvalue weighted by Crippen LogP contribution is 2.33. The fourth-order valence-corrected chi connectivity index (χ4v) is 3.71. The fourth-order valence-electron chi connectivity index (χ4n) is 3.71. The zero-order chi connectivity index (χ0) is 24.2. The lowest BCUT2D eigenvalue weighted by molar-refractivity contribution is -0.137. The van der Waals surface area contributed by atoms with Crippen molar-refractivity contribution in [3.05, 3.63) is 95.4 Å². The van der Waals surface area contributed by atoms with Crippen LogP contribution in [0.25, 0.3) is 5.57 Å². The van der Waals surface area contributed by atoms with Crippen molar-refractivity contribution in [3.8, 4) is 5.75 Å². The van der Waals surface area contributed by atoms with Gasteiger partial charge in [-0.1, -0.05) is 30.3 Å². The summed E-state index contributed by atoms with van der Waals surface area (Å²) in [6, 6.07) is 19.3. The van der Waals surface area contributed by atoms with E-state index in [0.717, 1.165) is 4.90 Å². The number of para-hydroxylation sites is 1. The summed E-state index contributed by atoms with van der Waals surface area (Å²) >= 11 is 0. The molecule has 0 fully saturated rings. The van der Waals surface area contributed by atoms with Crippen molar-refractivity contribution in [1.29, 1.82) is 0 Å². The highest BCUT2D eigenvalue weighted by molar-refractivity contribution is 6.36. The van der Waals surface area contributed by atoms with Gasteiger partial charge in [0.15, 0.2) is 0 Å². The molecule has 1 aliphatic heterocycles. The van der Waals surface area contributed by atoms with Gasteiger partial charge in [-0.2, -0.15) is 0 Å². The third-order valence-electron chi connectivity index (χ3n) is 5.30. The largest absolute Gasteiger partial charge is 0.496 e. The minimum absolute atomic E-state index is 0.0129. The average Bonchev–Trinajstić information content (AvgIpc) is 3.05. The van der Waals surface area contributed by atoms with Crippen LogP contribution in [0.3, 0.4) is 0 Å². The monoisotopic (exact) mass is 459 g/mol. The maximum atomic E-state index is 13.5. The van der Waals surface area contributed by atoms with Crippen molar-refractivity contribution in [2.24, 2.45) is 0 Å². The fraction of sp³-hybridized carbons (Fsp3) is 0.115. The van der Waals surface area contributed by atoms with Crippen molar-refractivity contribution in [3.63, 3.8) is 0 Å². The van der Waals surface area contributed by atoms with Gasteiger partial charge in [-0.05, 0) is 48.0 Å². The van der Waals surface area contributed by atoms with E-state index in [1.54, 1.807) is 48.5 Å². The summed E-state index contributed by atoms with van der Waals surface area (Å²) in [5.41, 5.74) is 2.46. The summed E-state index contributed by atoms with van der Waals surface area (Å²) in [5.74, 6) is -1.11. The summed E-state index contributed by atoms with van der Waals surface area (Å²) < 4.78 is 18.9. The molecular weight excluding hydrogens is 437 g/mol. The number of nitrogens with one attached hydrogen (secondary N) is 2. The normalized spacial score (nSPS) is 13.3. The Morgan fingerprint density at radius 3 is 2.21 bits per heavy atom. The molecule has 8 heteroatoms. The maximum absolute atomic E-state index is 13.5. The number of rotatable bonds is 7. The Kier molecular flexibility index (Phi) is 6.40. The van der Waals surface area contributed by atoms with Gasteiger partial charge in [0.2, 0.25) is 5.91 Å². The third kappa shape index (κ3) is 4.66. The number of amides is 3. The van der Waals surface area contributed by atoms with Gasteiger partial charge in [0.25, 0.3) is 11.8 Å². The first-order valence-corrected chi connectivity index (χ1v) is 10.5. The van der Waals surface area contributed by atoms with Crippen LogP contribution in [-0.4, -0.2) is 29.7 Å². The molecule has 7 nitrogen and oxygen atoms in total. The van der Waals surface area contributed by atoms with Crippen molar-refractivity contribution in [1.82, 2.24) is 4.90 Å². The van der Waals surface area contributed by atoms with Crippen LogP contribution in [0.1, 0.15) is 18.1 Å². The molecule has 3 aromatic carbocycles. The quantitative estimate of drug-likeness (QED) is 0.518. The summed E-state index contributed by atoms with van der Waals surface area (Å²) in [6.07, 6.45) is 0. The number of carbonyl (C=O) groups is 3. The van der Waals surface area contributed by atoms with Gasteiger partial charge in [-0.3, -0.25) is 19.3 Å². The number of carbonyl (C=O) groups excluding carboxylic acids is 3. The molecule has 0 aromatic heterocycles. The summed E-state index contributed by atoms with van der Waals surface area (Å²) in [5, 5.41) is 5.71. The Labute approximate surface area is 195 Å². The molecule has 2 N–H and O–H groups in total. The number of anilines is 2. The predicted octanol–water partition coefficient (Wildman–Crippen LogP) is 4.18. The average molecular weight is 459 g/mol. The van der Waals surface area contributed by atoms with Crippen LogP contribution in [0.4, 0.5) is 15.8 Å². The minimum atomic E-state index is -0.513. The Morgan fingerprint density at radius 2 is 1.56 bits per heavy atom. The molecule has 3 amide bonds. The Hall–Kier alpha value is -4.46. The zero-order valence-electron chi connectivity index (χ0n) is 18.6. The molecule has 1 heterocycles. The van der Waals surface area contributed by atoms with Crippen molar-refractivity contribution in [2.75, 3.05) is 17.7 Å². The highest BCUT2D eigenvalue weighted by atomic mass is 19.1. The van der Waals surface area contributed by atoms with E-state index < -0.39 is 17.6 Å². The standard InChI is InChI=1S/C26H22FN3O4/c1-16(31)28-20-11-13-21(14-12-20)29-24-23(17-7-9-19(27)10-8-17)25(32)30(26(24)33)15-18-5-3-4-6-22(18)34-2/h3-14,29H,15H2,1-2H3,(H,28,31). The molecule has 172 valence electrons. The van der Waals surface area contributed by atoms with Gasteiger partial charge in [0.1, 0.15) is 17.3 Å². The third-order valence-corrected chi connectivity index (χ3v) is 5.30. The molecule has 0 radical (unpaired) electrons. The van der Waals surface area contributed by atoms with Crippen molar-refractivity contribution >= 4 is 34.7 Å². The number of methoxy groups -OCH3 is 1. The number of nitrogens with zero attached hydrogens (tertiary/aromatic N) is 1. The molecule has 0 saturated carbocycles. The van der Waals surface area contributed by atoms with Crippen LogP contribution in [0.2, 0.25) is 0 Å². The number of benzene rings is 3. The van der Waals surface area contributed by atoms with Crippen LogP contribution >= 0.6 is 0 Å². The molecule has 0 bridgehead atoms. The lowest BCUT2D eigenvalue weighted by Crippen LogP contribution is -2.32. The molecule has 0 saturated heterocycles. The van der Waals surface area contributed by atoms with Gasteiger partial charge in [0, 0.05) is 23.9 Å². The van der Waals surface area contributed by atoms with E-state index in [2.05, 4.69) is 10.6 Å². The van der Waals surface area contributed by atoms with Crippen LogP contribution in [0, 0.1) is 5.82 Å². The Bertz CT molecular complexity index is 1280. The molecule has 34 heavy (non-hydrogen) atoms. The van der Waals surface area contributed by atoms with E-state index in [-0.39, 0.29) is 23.7 Å².